The van der Waals surface area contributed by atoms with Crippen molar-refractivity contribution in [3.8, 4) is 0 Å². The van der Waals surface area contributed by atoms with Crippen LogP contribution in [0.5, 0.6) is 0 Å². The lowest BCUT2D eigenvalue weighted by Crippen LogP contribution is -2.43. The Morgan fingerprint density at radius 3 is 2.60 bits per heavy atom. The maximum Gasteiger partial charge on any atom is 0.323 e. The minimum atomic E-state index is -3.70. The van der Waals surface area contributed by atoms with Crippen LogP contribution in [0.25, 0.3) is 0 Å². The number of nitrogens with zero attached hydrogens (tertiary/aromatic N) is 2. The first-order valence-electron chi connectivity index (χ1n) is 13.0. The molecular formula is C27H36N2O4S2. The summed E-state index contributed by atoms with van der Waals surface area (Å²) in [5.41, 5.74) is 3.56. The quantitative estimate of drug-likeness (QED) is 0.471. The van der Waals surface area contributed by atoms with E-state index in [0.717, 1.165) is 55.6 Å². The van der Waals surface area contributed by atoms with Crippen LogP contribution in [0, 0.1) is 12.8 Å². The molecule has 1 aromatic heterocycles. The van der Waals surface area contributed by atoms with Gasteiger partial charge in [-0.05, 0) is 82.5 Å². The normalized spacial score (nSPS) is 24.1. The van der Waals surface area contributed by atoms with Gasteiger partial charge >= 0.3 is 5.97 Å². The van der Waals surface area contributed by atoms with Gasteiger partial charge in [-0.25, -0.2) is 8.42 Å². The molecule has 0 N–H and O–H groups in total. The zero-order valence-electron chi connectivity index (χ0n) is 21.0. The van der Waals surface area contributed by atoms with Crippen LogP contribution in [-0.2, 0) is 32.4 Å². The van der Waals surface area contributed by atoms with Crippen molar-refractivity contribution >= 4 is 32.3 Å². The number of carbonyl (C=O) groups excluding carboxylic acids is 1. The van der Waals surface area contributed by atoms with Crippen molar-refractivity contribution in [3.63, 3.8) is 0 Å². The van der Waals surface area contributed by atoms with Gasteiger partial charge in [0.05, 0.1) is 11.5 Å². The van der Waals surface area contributed by atoms with Gasteiger partial charge in [-0.2, -0.15) is 0 Å². The van der Waals surface area contributed by atoms with E-state index < -0.39 is 10.0 Å². The number of carbonyl (C=O) groups is 1. The predicted octanol–water partition coefficient (Wildman–Crippen LogP) is 5.24. The van der Waals surface area contributed by atoms with Gasteiger partial charge in [-0.15, -0.1) is 11.3 Å². The number of benzene rings is 1. The molecule has 1 aliphatic carbocycles. The van der Waals surface area contributed by atoms with Crippen LogP contribution >= 0.6 is 11.3 Å². The first-order valence-corrected chi connectivity index (χ1v) is 15.3. The molecule has 35 heavy (non-hydrogen) atoms. The maximum atomic E-state index is 14.0. The van der Waals surface area contributed by atoms with Crippen molar-refractivity contribution in [1.29, 1.82) is 0 Å². The second-order valence-corrected chi connectivity index (χ2v) is 13.0. The summed E-state index contributed by atoms with van der Waals surface area (Å²) in [5, 5.41) is 0.879. The molecule has 0 unspecified atom stereocenters. The molecule has 3 atom stereocenters. The van der Waals surface area contributed by atoms with Gasteiger partial charge in [0.1, 0.15) is 11.0 Å². The number of hydrogen-bond acceptors (Lipinski definition) is 6. The van der Waals surface area contributed by atoms with Crippen LogP contribution in [0.1, 0.15) is 73.6 Å². The van der Waals surface area contributed by atoms with Crippen molar-refractivity contribution < 1.29 is 17.9 Å². The van der Waals surface area contributed by atoms with E-state index in [-0.39, 0.29) is 24.0 Å². The van der Waals surface area contributed by atoms with Crippen LogP contribution in [-0.4, -0.2) is 45.0 Å². The number of thiophene rings is 1. The molecule has 0 spiro atoms. The summed E-state index contributed by atoms with van der Waals surface area (Å²) in [4.78, 5) is 17.1. The third-order valence-electron chi connectivity index (χ3n) is 7.78. The highest BCUT2D eigenvalue weighted by molar-refractivity contribution is 7.93. The van der Waals surface area contributed by atoms with Gasteiger partial charge in [0.2, 0.25) is 0 Å². The van der Waals surface area contributed by atoms with Crippen LogP contribution in [0.15, 0.2) is 29.2 Å². The standard InChI is InChI=1S/C27H36N2O4S2/c1-4-6-15-28-22(27(30)33-5-2)16-19-17-29(35(31,32)20-13-11-18(3)12-14-20)26-24(25(19)28)21-9-7-8-10-23(21)34-26/h11-14,19,22,25H,4-10,15-17H2,1-3H3/t19-,22-,25-/m1/s1. The van der Waals surface area contributed by atoms with Crippen LogP contribution < -0.4 is 4.31 Å². The number of unbranched alkanes of at least 4 members (excludes halogenated alkanes) is 1. The van der Waals surface area contributed by atoms with E-state index in [1.165, 1.54) is 16.0 Å². The van der Waals surface area contributed by atoms with Crippen LogP contribution in [0.2, 0.25) is 0 Å². The van der Waals surface area contributed by atoms with E-state index in [2.05, 4.69) is 11.8 Å². The molecule has 1 fully saturated rings. The fourth-order valence-corrected chi connectivity index (χ4v) is 9.29. The number of anilines is 1. The molecule has 6 nitrogen and oxygen atoms in total. The number of sulfonamides is 1. The molecule has 2 aromatic rings. The zero-order valence-corrected chi connectivity index (χ0v) is 22.6. The minimum absolute atomic E-state index is 0.0645. The maximum absolute atomic E-state index is 14.0. The number of esters is 1. The fourth-order valence-electron chi connectivity index (χ4n) is 6.10. The highest BCUT2D eigenvalue weighted by atomic mass is 32.2. The Morgan fingerprint density at radius 1 is 1.14 bits per heavy atom. The Hall–Kier alpha value is -1.90. The second-order valence-electron chi connectivity index (χ2n) is 10.1. The van der Waals surface area contributed by atoms with E-state index in [0.29, 0.717) is 24.5 Å². The van der Waals surface area contributed by atoms with Crippen molar-refractivity contribution in [2.45, 2.75) is 82.7 Å². The Bertz CT molecular complexity index is 1190. The summed E-state index contributed by atoms with van der Waals surface area (Å²) in [6.45, 7) is 7.58. The van der Waals surface area contributed by atoms with E-state index in [9.17, 15) is 13.2 Å². The summed E-state index contributed by atoms with van der Waals surface area (Å²) in [7, 11) is -3.70. The highest BCUT2D eigenvalue weighted by Crippen LogP contribution is 2.55. The van der Waals surface area contributed by atoms with Crippen LogP contribution in [0.4, 0.5) is 5.00 Å². The molecule has 0 amide bonds. The molecule has 3 heterocycles. The van der Waals surface area contributed by atoms with Gasteiger partial charge in [0.15, 0.2) is 0 Å². The lowest BCUT2D eigenvalue weighted by molar-refractivity contribution is -0.149. The van der Waals surface area contributed by atoms with Gasteiger partial charge in [0, 0.05) is 23.0 Å². The molecule has 2 aliphatic heterocycles. The van der Waals surface area contributed by atoms with Crippen molar-refractivity contribution in [3.05, 3.63) is 45.8 Å². The lowest BCUT2D eigenvalue weighted by Gasteiger charge is -2.39. The zero-order chi connectivity index (χ0) is 24.7. The first kappa shape index (κ1) is 24.8. The second kappa shape index (κ2) is 9.87. The monoisotopic (exact) mass is 516 g/mol. The number of aryl methyl sites for hydroxylation is 2. The van der Waals surface area contributed by atoms with E-state index in [4.69, 9.17) is 4.74 Å². The van der Waals surface area contributed by atoms with Crippen molar-refractivity contribution in [2.24, 2.45) is 5.92 Å². The molecule has 1 saturated heterocycles. The summed E-state index contributed by atoms with van der Waals surface area (Å²) < 4.78 is 35.1. The molecule has 8 heteroatoms. The first-order chi connectivity index (χ1) is 16.9. The number of ether oxygens (including phenoxy) is 1. The average molecular weight is 517 g/mol. The Balaban J connectivity index is 1.62. The number of fused-ring (bicyclic) bond motifs is 5. The third-order valence-corrected chi connectivity index (χ3v) is 11.0. The van der Waals surface area contributed by atoms with Crippen molar-refractivity contribution in [1.82, 2.24) is 4.90 Å². The molecule has 5 rings (SSSR count). The highest BCUT2D eigenvalue weighted by Gasteiger charge is 2.52. The van der Waals surface area contributed by atoms with E-state index in [1.807, 2.05) is 26.0 Å². The summed E-state index contributed by atoms with van der Waals surface area (Å²) >= 11 is 1.67. The minimum Gasteiger partial charge on any atom is -0.465 e. The molecule has 1 aromatic carbocycles. The van der Waals surface area contributed by atoms with Gasteiger partial charge in [-0.1, -0.05) is 31.0 Å². The van der Waals surface area contributed by atoms with Crippen molar-refractivity contribution in [2.75, 3.05) is 24.0 Å². The average Bonchev–Trinajstić information content (AvgIpc) is 3.40. The Kier molecular flexibility index (Phi) is 6.98. The van der Waals surface area contributed by atoms with Crippen LogP contribution in [0.3, 0.4) is 0 Å². The lowest BCUT2D eigenvalue weighted by atomic mass is 9.85. The Labute approximate surface area is 213 Å². The number of rotatable bonds is 7. The largest absolute Gasteiger partial charge is 0.465 e. The topological polar surface area (TPSA) is 66.9 Å². The molecule has 190 valence electrons. The number of likely N-dealkylation sites (tertiary alicyclic amines) is 1. The molecular weight excluding hydrogens is 480 g/mol. The van der Waals surface area contributed by atoms with Gasteiger partial charge < -0.3 is 4.74 Å². The Morgan fingerprint density at radius 2 is 1.89 bits per heavy atom. The summed E-state index contributed by atoms with van der Waals surface area (Å²) in [6.07, 6.45) is 6.98. The molecule has 0 saturated carbocycles. The van der Waals surface area contributed by atoms with Gasteiger partial charge in [-0.3, -0.25) is 14.0 Å². The molecule has 0 bridgehead atoms. The molecule has 3 aliphatic rings. The SMILES string of the molecule is CCCCN1[C@@H](C(=O)OCC)C[C@@H]2CN(S(=O)(=O)c3ccc(C)cc3)c3sc4c(c3[C@@H]21)CCCC4. The predicted molar refractivity (Wildman–Crippen MR) is 140 cm³/mol. The van der Waals surface area contributed by atoms with E-state index >= 15 is 0 Å². The third kappa shape index (κ3) is 4.31. The fraction of sp³-hybridized carbons (Fsp3) is 0.593. The number of hydrogen-bond donors (Lipinski definition) is 0. The smallest absolute Gasteiger partial charge is 0.323 e. The van der Waals surface area contributed by atoms with Gasteiger partial charge in [0.25, 0.3) is 10.0 Å². The summed E-state index contributed by atoms with van der Waals surface area (Å²) in [6, 6.07) is 6.91. The van der Waals surface area contributed by atoms with E-state index in [1.54, 1.807) is 27.8 Å². The molecule has 0 radical (unpaired) electrons. The summed E-state index contributed by atoms with van der Waals surface area (Å²) in [5.74, 6) is -0.105.